The average Bonchev–Trinajstić information content (AvgIpc) is 3.72. The Morgan fingerprint density at radius 3 is 0.789 bits per heavy atom. The molecule has 0 aromatic carbocycles. The summed E-state index contributed by atoms with van der Waals surface area (Å²) in [7, 11) is 0. The maximum Gasteiger partial charge on any atom is 0.0727 e. The Balaban J connectivity index is 7.02. The molecule has 0 spiro atoms. The molecule has 0 fully saturated rings. The summed E-state index contributed by atoms with van der Waals surface area (Å²) >= 11 is 0. The van der Waals surface area contributed by atoms with Crippen LogP contribution in [0.25, 0.3) is 0 Å². The molecule has 0 saturated carbocycles. The van der Waals surface area contributed by atoms with E-state index in [0.29, 0.717) is 85.0 Å². The first-order valence-electron chi connectivity index (χ1n) is 38.8. The fourth-order valence-corrected chi connectivity index (χ4v) is 12.5. The molecule has 0 aliphatic rings. The molecule has 0 heterocycles. The van der Waals surface area contributed by atoms with Gasteiger partial charge in [-0.1, -0.05) is 336 Å². The van der Waals surface area contributed by atoms with Crippen LogP contribution in [0.2, 0.25) is 0 Å². The van der Waals surface area contributed by atoms with E-state index < -0.39 is 36.6 Å². The van der Waals surface area contributed by atoms with Crippen molar-refractivity contribution in [3.63, 3.8) is 0 Å². The first-order chi connectivity index (χ1) is 43.6. The van der Waals surface area contributed by atoms with Crippen LogP contribution in [0.5, 0.6) is 0 Å². The lowest BCUT2D eigenvalue weighted by atomic mass is 9.94. The molecule has 11 unspecified atom stereocenters. The Hall–Kier alpha value is -1.70. The lowest BCUT2D eigenvalue weighted by Crippen LogP contribution is -2.49. The molecule has 6 N–H and O–H groups in total. The van der Waals surface area contributed by atoms with Gasteiger partial charge < -0.3 is 30.6 Å². The van der Waals surface area contributed by atoms with Crippen molar-refractivity contribution in [2.45, 2.75) is 343 Å². The number of hydrogen-bond acceptors (Lipinski definition) is 10. The van der Waals surface area contributed by atoms with E-state index in [9.17, 15) is 30.6 Å². The van der Waals surface area contributed by atoms with E-state index >= 15 is 0 Å². The van der Waals surface area contributed by atoms with Gasteiger partial charge in [0.2, 0.25) is 0 Å². The van der Waals surface area contributed by atoms with Crippen LogP contribution >= 0.6 is 0 Å². The second kappa shape index (κ2) is 63.4. The second-order valence-corrected chi connectivity index (χ2v) is 28.6. The fourth-order valence-electron chi connectivity index (χ4n) is 12.5. The molecule has 0 rings (SSSR count). The molecule has 0 aliphatic heterocycles. The summed E-state index contributed by atoms with van der Waals surface area (Å²) in [5.74, 6) is 0.470. The zero-order valence-electron chi connectivity index (χ0n) is 61.4. The number of allylic oxidation sites excluding steroid dienone is 8. The number of aliphatic hydroxyl groups is 6. The van der Waals surface area contributed by atoms with Gasteiger partial charge in [0.15, 0.2) is 0 Å². The van der Waals surface area contributed by atoms with Crippen LogP contribution in [-0.2, 0) is 0 Å². The van der Waals surface area contributed by atoms with Gasteiger partial charge in [-0.3, -0.25) is 19.6 Å². The Kier molecular flexibility index (Phi) is 62.2. The van der Waals surface area contributed by atoms with Crippen molar-refractivity contribution in [1.82, 2.24) is 19.6 Å². The number of unbranched alkanes of at least 4 members (excludes halogenated alkanes) is 28. The van der Waals surface area contributed by atoms with E-state index in [-0.39, 0.29) is 29.6 Å². The molecule has 11 atom stereocenters. The predicted octanol–water partition coefficient (Wildman–Crippen LogP) is 18.5. The van der Waals surface area contributed by atoms with Gasteiger partial charge in [-0.15, -0.1) is 0 Å². The molecule has 0 amide bonds. The fraction of sp³-hybridized carbons (Fsp3) is 0.875. The Bertz CT molecular complexity index is 1610. The summed E-state index contributed by atoms with van der Waals surface area (Å²) < 4.78 is 0. The molecule has 532 valence electrons. The van der Waals surface area contributed by atoms with Gasteiger partial charge in [-0.25, -0.2) is 0 Å². The smallest absolute Gasteiger partial charge is 0.0727 e. The molecular formula is C80H156N4O6. The average molecular weight is 1270 g/mol. The van der Waals surface area contributed by atoms with Crippen molar-refractivity contribution in [3.05, 3.63) is 61.3 Å². The van der Waals surface area contributed by atoms with Crippen LogP contribution in [0.4, 0.5) is 0 Å². The summed E-state index contributed by atoms with van der Waals surface area (Å²) in [4.78, 5) is 9.43. The Morgan fingerprint density at radius 1 is 0.278 bits per heavy atom. The normalized spacial score (nSPS) is 16.4. The van der Waals surface area contributed by atoms with E-state index in [1.54, 1.807) is 6.08 Å². The van der Waals surface area contributed by atoms with Crippen LogP contribution in [0.1, 0.15) is 307 Å². The maximum absolute atomic E-state index is 12.0. The zero-order chi connectivity index (χ0) is 66.7. The highest BCUT2D eigenvalue weighted by Gasteiger charge is 2.27. The molecule has 0 aromatic rings. The standard InChI is InChI=1S/C80H156N4O6/c1-12-18-23-28-33-38-43-48-53-70(7)76(86)65-82(64-75(85)17-6)61-58-81(59-62-83(66-77(87)71(8)54-49-44-39-34-29-24-19-13-2)67-78(88)72(9)55-50-45-40-35-30-25-20-14-3)60-63-84(68-79(89)73(10)56-51-46-41-36-31-26-21-15-4)69-80(90)74(11)57-52-47-42-37-32-27-22-16-5/h13,19,24,29,34,39,44,49,54,70-80,85-90H,2,12,14-18,20-23,25-28,30-33,35-38,40-43,45-48,50-53,55-69H2,1,3-11H3/b24-19+,34-29+,44-39+,54-49+. The molecule has 0 aliphatic carbocycles. The number of rotatable bonds is 68. The van der Waals surface area contributed by atoms with Crippen molar-refractivity contribution in [2.75, 3.05) is 78.5 Å². The highest BCUT2D eigenvalue weighted by atomic mass is 16.3. The van der Waals surface area contributed by atoms with Gasteiger partial charge in [-0.05, 0) is 55.8 Å². The van der Waals surface area contributed by atoms with Gasteiger partial charge in [0.05, 0.1) is 36.6 Å². The SMILES string of the molecule is C=C/C=C/C=C/C=C/C=C/C(C)C(O)CN(CCN(CCN(CC(O)CC)CC(O)C(C)CCCCCCCCCC)CCN(CC(O)C(C)CCCCCCCCCC)CC(O)C(C)CCCCCCCCCC)CC(O)C(C)CCCCCCCCCC. The highest BCUT2D eigenvalue weighted by molar-refractivity contribution is 5.17. The third kappa shape index (κ3) is 52.6. The number of nitrogens with zero attached hydrogens (tertiary/aromatic N) is 4. The van der Waals surface area contributed by atoms with Crippen LogP contribution in [0.15, 0.2) is 61.3 Å². The van der Waals surface area contributed by atoms with Crippen LogP contribution < -0.4 is 0 Å². The first kappa shape index (κ1) is 88.3. The lowest BCUT2D eigenvalue weighted by molar-refractivity contribution is 0.0150. The summed E-state index contributed by atoms with van der Waals surface area (Å²) in [6, 6.07) is 0. The van der Waals surface area contributed by atoms with Crippen LogP contribution in [-0.4, -0.2) is 165 Å². The van der Waals surface area contributed by atoms with Crippen molar-refractivity contribution >= 4 is 0 Å². The summed E-state index contributed by atoms with van der Waals surface area (Å²) in [6.07, 6.45) is 59.5. The molecule has 10 nitrogen and oxygen atoms in total. The summed E-state index contributed by atoms with van der Waals surface area (Å²) in [5.41, 5.74) is 0. The molecule has 0 aromatic heterocycles. The summed E-state index contributed by atoms with van der Waals surface area (Å²) in [5, 5.41) is 71.0. The minimum Gasteiger partial charge on any atom is -0.392 e. The van der Waals surface area contributed by atoms with Gasteiger partial charge in [0, 0.05) is 84.5 Å². The largest absolute Gasteiger partial charge is 0.392 e. The third-order valence-corrected chi connectivity index (χ3v) is 19.9. The highest BCUT2D eigenvalue weighted by Crippen LogP contribution is 2.23. The van der Waals surface area contributed by atoms with Crippen molar-refractivity contribution < 1.29 is 30.6 Å². The maximum atomic E-state index is 12.0. The van der Waals surface area contributed by atoms with E-state index in [1.165, 1.54) is 180 Å². The molecule has 0 saturated heterocycles. The van der Waals surface area contributed by atoms with E-state index in [1.807, 2.05) is 49.5 Å². The third-order valence-electron chi connectivity index (χ3n) is 19.9. The van der Waals surface area contributed by atoms with Crippen molar-refractivity contribution in [3.8, 4) is 0 Å². The molecular weight excluding hydrogens is 1110 g/mol. The van der Waals surface area contributed by atoms with E-state index in [2.05, 4.69) is 94.6 Å². The minimum atomic E-state index is -0.649. The van der Waals surface area contributed by atoms with Crippen LogP contribution in [0.3, 0.4) is 0 Å². The number of aliphatic hydroxyl groups excluding tert-OH is 6. The monoisotopic (exact) mass is 1270 g/mol. The predicted molar refractivity (Wildman–Crippen MR) is 394 cm³/mol. The lowest BCUT2D eigenvalue weighted by Gasteiger charge is -2.36. The van der Waals surface area contributed by atoms with E-state index in [4.69, 9.17) is 0 Å². The Labute approximate surface area is 560 Å². The van der Waals surface area contributed by atoms with Gasteiger partial charge in [0.25, 0.3) is 0 Å². The van der Waals surface area contributed by atoms with E-state index in [0.717, 1.165) is 51.4 Å². The molecule has 0 bridgehead atoms. The summed E-state index contributed by atoms with van der Waals surface area (Å²) in [6.45, 7) is 32.7. The second-order valence-electron chi connectivity index (χ2n) is 28.6. The molecule has 0 radical (unpaired) electrons. The first-order valence-corrected chi connectivity index (χ1v) is 38.8. The molecule has 10 heteroatoms. The van der Waals surface area contributed by atoms with Gasteiger partial charge >= 0.3 is 0 Å². The quantitative estimate of drug-likeness (QED) is 0.0258. The van der Waals surface area contributed by atoms with Gasteiger partial charge in [-0.2, -0.15) is 0 Å². The van der Waals surface area contributed by atoms with Gasteiger partial charge in [0.1, 0.15) is 0 Å². The number of hydrogen-bond donors (Lipinski definition) is 6. The van der Waals surface area contributed by atoms with Crippen LogP contribution in [0, 0.1) is 29.6 Å². The zero-order valence-corrected chi connectivity index (χ0v) is 61.4. The minimum absolute atomic E-state index is 0.116. The molecule has 90 heavy (non-hydrogen) atoms. The van der Waals surface area contributed by atoms with Crippen molar-refractivity contribution in [2.24, 2.45) is 29.6 Å². The Morgan fingerprint density at radius 2 is 0.511 bits per heavy atom. The van der Waals surface area contributed by atoms with Crippen molar-refractivity contribution in [1.29, 1.82) is 0 Å². The topological polar surface area (TPSA) is 134 Å².